The number of aliphatic carboxylic acids is 1. The number of hydrogen-bond donors (Lipinski definition) is 1. The van der Waals surface area contributed by atoms with E-state index in [1.165, 1.54) is 16.6 Å². The Balaban J connectivity index is 2.26. The number of carbonyl (C=O) groups is 1. The zero-order chi connectivity index (χ0) is 14.7. The Morgan fingerprint density at radius 1 is 1.60 bits per heavy atom. The second-order valence-corrected chi connectivity index (χ2v) is 7.47. The molecule has 4 nitrogen and oxygen atoms in total. The van der Waals surface area contributed by atoms with Gasteiger partial charge in [-0.05, 0) is 27.9 Å². The third-order valence-corrected chi connectivity index (χ3v) is 5.36. The topological polar surface area (TPSA) is 55.1 Å². The first-order valence-electron chi connectivity index (χ1n) is 6.10. The fourth-order valence-corrected chi connectivity index (χ4v) is 3.97. The highest BCUT2D eigenvalue weighted by atomic mass is 79.9. The van der Waals surface area contributed by atoms with Crippen molar-refractivity contribution < 1.29 is 9.90 Å². The molecule has 0 unspecified atom stereocenters. The zero-order valence-electron chi connectivity index (χ0n) is 11.2. The number of imidazole rings is 1. The van der Waals surface area contributed by atoms with Gasteiger partial charge >= 0.3 is 5.97 Å². The number of hydrogen-bond acceptors (Lipinski definition) is 4. The van der Waals surface area contributed by atoms with Gasteiger partial charge in [0.15, 0.2) is 5.16 Å². The van der Waals surface area contributed by atoms with E-state index in [9.17, 15) is 4.79 Å². The maximum atomic E-state index is 10.7. The summed E-state index contributed by atoms with van der Waals surface area (Å²) in [5, 5.41) is 11.6. The van der Waals surface area contributed by atoms with Crippen molar-refractivity contribution >= 4 is 45.0 Å². The van der Waals surface area contributed by atoms with Crippen molar-refractivity contribution in [1.29, 1.82) is 0 Å². The molecular weight excluding hydrogens is 360 g/mol. The third-order valence-electron chi connectivity index (χ3n) is 2.70. The number of halogens is 1. The lowest BCUT2D eigenvalue weighted by atomic mass is 10.1. The first kappa shape index (κ1) is 15.6. The molecule has 0 aliphatic rings. The molecule has 2 heterocycles. The van der Waals surface area contributed by atoms with E-state index < -0.39 is 5.97 Å². The van der Waals surface area contributed by atoms with E-state index in [1.54, 1.807) is 11.3 Å². The minimum Gasteiger partial charge on any atom is -0.481 e. The molecule has 1 N–H and O–H groups in total. The molecule has 0 aliphatic carbocycles. The summed E-state index contributed by atoms with van der Waals surface area (Å²) in [5.41, 5.74) is 1.13. The van der Waals surface area contributed by atoms with Crippen LogP contribution in [0.15, 0.2) is 27.3 Å². The summed E-state index contributed by atoms with van der Waals surface area (Å²) >= 11 is 6.40. The number of thioether (sulfide) groups is 1. The predicted octanol–water partition coefficient (Wildman–Crippen LogP) is 4.06. The Labute approximate surface area is 134 Å². The van der Waals surface area contributed by atoms with Crippen molar-refractivity contribution in [3.05, 3.63) is 32.7 Å². The van der Waals surface area contributed by atoms with Crippen LogP contribution >= 0.6 is 39.0 Å². The van der Waals surface area contributed by atoms with Gasteiger partial charge in [-0.1, -0.05) is 25.6 Å². The van der Waals surface area contributed by atoms with Gasteiger partial charge in [-0.25, -0.2) is 4.98 Å². The fraction of sp³-hybridized carbons (Fsp3) is 0.385. The SMILES string of the molecule is CC(C)c1cnc(SCC(=O)O)n1Cc1cc(Br)cs1. The van der Waals surface area contributed by atoms with Gasteiger partial charge in [-0.2, -0.15) is 0 Å². The molecule has 0 saturated carbocycles. The molecule has 0 saturated heterocycles. The van der Waals surface area contributed by atoms with Gasteiger partial charge in [0.25, 0.3) is 0 Å². The Morgan fingerprint density at radius 2 is 2.35 bits per heavy atom. The molecule has 0 spiro atoms. The molecule has 0 atom stereocenters. The van der Waals surface area contributed by atoms with Crippen LogP contribution in [-0.2, 0) is 11.3 Å². The molecule has 0 aliphatic heterocycles. The fourth-order valence-electron chi connectivity index (χ4n) is 1.82. The van der Waals surface area contributed by atoms with Crippen molar-refractivity contribution in [1.82, 2.24) is 9.55 Å². The van der Waals surface area contributed by atoms with E-state index in [0.29, 0.717) is 5.92 Å². The molecule has 0 bridgehead atoms. The largest absolute Gasteiger partial charge is 0.481 e. The normalized spacial score (nSPS) is 11.2. The van der Waals surface area contributed by atoms with Gasteiger partial charge < -0.3 is 9.67 Å². The Kier molecular flexibility index (Phi) is 5.29. The second-order valence-electron chi connectivity index (χ2n) is 4.62. The molecule has 0 amide bonds. The van der Waals surface area contributed by atoms with Crippen LogP contribution in [0.25, 0.3) is 0 Å². The average Bonchev–Trinajstić information content (AvgIpc) is 2.94. The van der Waals surface area contributed by atoms with E-state index in [-0.39, 0.29) is 5.75 Å². The van der Waals surface area contributed by atoms with Gasteiger partial charge in [0.2, 0.25) is 0 Å². The van der Waals surface area contributed by atoms with E-state index in [2.05, 4.69) is 45.4 Å². The van der Waals surface area contributed by atoms with Crippen LogP contribution in [0.2, 0.25) is 0 Å². The molecule has 2 rings (SSSR count). The van der Waals surface area contributed by atoms with Crippen LogP contribution in [0.4, 0.5) is 0 Å². The standard InChI is InChI=1S/C13H15BrN2O2S2/c1-8(2)11-4-15-13(20-7-12(17)18)16(11)5-10-3-9(14)6-19-10/h3-4,6,8H,5,7H2,1-2H3,(H,17,18). The smallest absolute Gasteiger partial charge is 0.313 e. The van der Waals surface area contributed by atoms with Crippen LogP contribution in [0, 0.1) is 0 Å². The van der Waals surface area contributed by atoms with E-state index in [4.69, 9.17) is 5.11 Å². The van der Waals surface area contributed by atoms with Crippen LogP contribution in [0.3, 0.4) is 0 Å². The Morgan fingerprint density at radius 3 is 2.90 bits per heavy atom. The van der Waals surface area contributed by atoms with E-state index >= 15 is 0 Å². The van der Waals surface area contributed by atoms with Crippen molar-refractivity contribution in [3.8, 4) is 0 Å². The van der Waals surface area contributed by atoms with Crippen molar-refractivity contribution in [2.75, 3.05) is 5.75 Å². The quantitative estimate of drug-likeness (QED) is 0.774. The van der Waals surface area contributed by atoms with Gasteiger partial charge in [-0.15, -0.1) is 11.3 Å². The molecular formula is C13H15BrN2O2S2. The summed E-state index contributed by atoms with van der Waals surface area (Å²) in [5.74, 6) is -0.442. The molecule has 0 aromatic carbocycles. The van der Waals surface area contributed by atoms with Crippen molar-refractivity contribution in [2.45, 2.75) is 31.5 Å². The monoisotopic (exact) mass is 374 g/mol. The predicted molar refractivity (Wildman–Crippen MR) is 85.8 cm³/mol. The number of carboxylic acids is 1. The highest BCUT2D eigenvalue weighted by Gasteiger charge is 2.15. The van der Waals surface area contributed by atoms with Gasteiger partial charge in [0, 0.05) is 26.6 Å². The zero-order valence-corrected chi connectivity index (χ0v) is 14.4. The first-order chi connectivity index (χ1) is 9.47. The summed E-state index contributed by atoms with van der Waals surface area (Å²) in [6.07, 6.45) is 1.84. The highest BCUT2D eigenvalue weighted by molar-refractivity contribution is 9.10. The molecule has 20 heavy (non-hydrogen) atoms. The number of rotatable bonds is 6. The first-order valence-corrected chi connectivity index (χ1v) is 8.76. The second kappa shape index (κ2) is 6.78. The minimum atomic E-state index is -0.825. The van der Waals surface area contributed by atoms with Crippen LogP contribution in [0.1, 0.15) is 30.3 Å². The highest BCUT2D eigenvalue weighted by Crippen LogP contribution is 2.27. The van der Waals surface area contributed by atoms with E-state index in [0.717, 1.165) is 21.9 Å². The lowest BCUT2D eigenvalue weighted by molar-refractivity contribution is -0.133. The molecule has 0 fully saturated rings. The van der Waals surface area contributed by atoms with Crippen LogP contribution in [-0.4, -0.2) is 26.4 Å². The number of carboxylic acid groups (broad SMARTS) is 1. The third kappa shape index (κ3) is 3.86. The Bertz CT molecular complexity index is 607. The van der Waals surface area contributed by atoms with Gasteiger partial charge in [-0.3, -0.25) is 4.79 Å². The van der Waals surface area contributed by atoms with E-state index in [1.807, 2.05) is 11.6 Å². The summed E-state index contributed by atoms with van der Waals surface area (Å²) in [7, 11) is 0. The minimum absolute atomic E-state index is 0.0304. The number of thiophene rings is 1. The lowest BCUT2D eigenvalue weighted by Gasteiger charge is -2.12. The van der Waals surface area contributed by atoms with Gasteiger partial charge in [0.1, 0.15) is 0 Å². The maximum Gasteiger partial charge on any atom is 0.313 e. The summed E-state index contributed by atoms with van der Waals surface area (Å²) in [4.78, 5) is 16.3. The molecule has 108 valence electrons. The maximum absolute atomic E-state index is 10.7. The average molecular weight is 375 g/mol. The number of nitrogens with zero attached hydrogens (tertiary/aromatic N) is 2. The summed E-state index contributed by atoms with van der Waals surface area (Å²) in [6, 6.07) is 2.08. The van der Waals surface area contributed by atoms with Crippen molar-refractivity contribution in [3.63, 3.8) is 0 Å². The lowest BCUT2D eigenvalue weighted by Crippen LogP contribution is -2.07. The number of aromatic nitrogens is 2. The molecule has 2 aromatic rings. The molecule has 7 heteroatoms. The summed E-state index contributed by atoms with van der Waals surface area (Å²) in [6.45, 7) is 4.96. The summed E-state index contributed by atoms with van der Waals surface area (Å²) < 4.78 is 3.18. The Hall–Kier alpha value is -0.790. The van der Waals surface area contributed by atoms with Gasteiger partial charge in [0.05, 0.1) is 12.3 Å². The van der Waals surface area contributed by atoms with Crippen molar-refractivity contribution in [2.24, 2.45) is 0 Å². The van der Waals surface area contributed by atoms with Crippen LogP contribution in [0.5, 0.6) is 0 Å². The van der Waals surface area contributed by atoms with Crippen LogP contribution < -0.4 is 0 Å². The molecule has 2 aromatic heterocycles. The molecule has 0 radical (unpaired) electrons.